The summed E-state index contributed by atoms with van der Waals surface area (Å²) in [5.41, 5.74) is 0.821. The van der Waals surface area contributed by atoms with Crippen molar-refractivity contribution in [3.63, 3.8) is 0 Å². The number of ether oxygens (including phenoxy) is 1. The number of carbonyl (C=O) groups is 1. The van der Waals surface area contributed by atoms with E-state index in [1.165, 1.54) is 16.3 Å². The maximum atomic E-state index is 11.7. The second-order valence-electron chi connectivity index (χ2n) is 6.21. The lowest BCUT2D eigenvalue weighted by Crippen LogP contribution is -2.20. The van der Waals surface area contributed by atoms with Gasteiger partial charge in [-0.3, -0.25) is 4.79 Å². The molecule has 0 unspecified atom stereocenters. The molecule has 2 aliphatic rings. The summed E-state index contributed by atoms with van der Waals surface area (Å²) >= 11 is 0. The molecule has 2 aromatic carbocycles. The average molecular weight is 252 g/mol. The van der Waals surface area contributed by atoms with Gasteiger partial charge in [-0.05, 0) is 10.8 Å². The van der Waals surface area contributed by atoms with Crippen molar-refractivity contribution < 1.29 is 9.53 Å². The van der Waals surface area contributed by atoms with Crippen LogP contribution in [0, 0.1) is 11.3 Å². The predicted molar refractivity (Wildman–Crippen MR) is 73.6 cm³/mol. The first-order valence-electron chi connectivity index (χ1n) is 6.77. The van der Waals surface area contributed by atoms with Crippen molar-refractivity contribution in [2.45, 2.75) is 25.9 Å². The molecule has 1 aliphatic carbocycles. The highest BCUT2D eigenvalue weighted by Gasteiger charge is 2.79. The molecule has 2 aromatic rings. The van der Waals surface area contributed by atoms with Gasteiger partial charge in [0.2, 0.25) is 0 Å². The molecule has 96 valence electrons. The second kappa shape index (κ2) is 3.19. The Kier molecular flexibility index (Phi) is 1.85. The monoisotopic (exact) mass is 252 g/mol. The number of fused-ring (bicyclic) bond motifs is 2. The van der Waals surface area contributed by atoms with Crippen LogP contribution in [-0.2, 0) is 15.1 Å². The predicted octanol–water partition coefficient (Wildman–Crippen LogP) is 3.64. The Morgan fingerprint density at radius 3 is 2.63 bits per heavy atom. The first kappa shape index (κ1) is 11.0. The molecule has 2 atom stereocenters. The van der Waals surface area contributed by atoms with Crippen molar-refractivity contribution in [2.24, 2.45) is 11.3 Å². The molecule has 0 bridgehead atoms. The third-order valence-electron chi connectivity index (χ3n) is 5.07. The van der Waals surface area contributed by atoms with Crippen molar-refractivity contribution in [3.8, 4) is 0 Å². The molecule has 1 aliphatic heterocycles. The van der Waals surface area contributed by atoms with Crippen molar-refractivity contribution in [2.75, 3.05) is 0 Å². The molecular weight excluding hydrogens is 236 g/mol. The molecule has 2 heteroatoms. The molecular formula is C17H16O2. The van der Waals surface area contributed by atoms with Gasteiger partial charge in [-0.15, -0.1) is 0 Å². The van der Waals surface area contributed by atoms with Gasteiger partial charge in [0.05, 0.1) is 6.42 Å². The summed E-state index contributed by atoms with van der Waals surface area (Å²) in [6, 6.07) is 14.6. The van der Waals surface area contributed by atoms with Crippen molar-refractivity contribution in [1.82, 2.24) is 0 Å². The van der Waals surface area contributed by atoms with Crippen molar-refractivity contribution in [1.29, 1.82) is 0 Å². The zero-order chi connectivity index (χ0) is 13.3. The molecule has 1 heterocycles. The molecule has 1 saturated heterocycles. The van der Waals surface area contributed by atoms with Crippen LogP contribution in [0.15, 0.2) is 42.5 Å². The maximum Gasteiger partial charge on any atom is 0.307 e. The van der Waals surface area contributed by atoms with Crippen LogP contribution in [0.4, 0.5) is 0 Å². The van der Waals surface area contributed by atoms with Gasteiger partial charge in [0, 0.05) is 16.9 Å². The minimum atomic E-state index is -0.398. The SMILES string of the molecule is CC1(C)[C@H]2CC(=O)O[C@@]21c1cccc2ccccc12. The highest BCUT2D eigenvalue weighted by molar-refractivity contribution is 5.89. The third kappa shape index (κ3) is 1.15. The van der Waals surface area contributed by atoms with E-state index in [1.54, 1.807) is 0 Å². The average Bonchev–Trinajstić information content (AvgIpc) is 2.73. The fourth-order valence-corrected chi connectivity index (χ4v) is 3.96. The zero-order valence-electron chi connectivity index (χ0n) is 11.1. The minimum absolute atomic E-state index is 0.0467. The van der Waals surface area contributed by atoms with E-state index in [4.69, 9.17) is 4.74 Å². The van der Waals surface area contributed by atoms with Crippen LogP contribution in [-0.4, -0.2) is 5.97 Å². The van der Waals surface area contributed by atoms with E-state index in [0.29, 0.717) is 12.3 Å². The fraction of sp³-hybridized carbons (Fsp3) is 0.353. The van der Waals surface area contributed by atoms with Gasteiger partial charge in [-0.2, -0.15) is 0 Å². The molecule has 0 aromatic heterocycles. The molecule has 0 radical (unpaired) electrons. The van der Waals surface area contributed by atoms with Gasteiger partial charge in [0.1, 0.15) is 5.60 Å². The lowest BCUT2D eigenvalue weighted by molar-refractivity contribution is -0.149. The van der Waals surface area contributed by atoms with Gasteiger partial charge in [0.15, 0.2) is 0 Å². The summed E-state index contributed by atoms with van der Waals surface area (Å²) in [5.74, 6) is 0.260. The van der Waals surface area contributed by atoms with Crippen LogP contribution in [0.25, 0.3) is 10.8 Å². The highest BCUT2D eigenvalue weighted by atomic mass is 16.6. The van der Waals surface area contributed by atoms with Crippen LogP contribution >= 0.6 is 0 Å². The first-order valence-corrected chi connectivity index (χ1v) is 6.77. The summed E-state index contributed by atoms with van der Waals surface area (Å²) in [6.45, 7) is 4.40. The summed E-state index contributed by atoms with van der Waals surface area (Å²) in [4.78, 5) is 11.7. The number of hydrogen-bond donors (Lipinski definition) is 0. The lowest BCUT2D eigenvalue weighted by atomic mass is 9.94. The van der Waals surface area contributed by atoms with E-state index in [0.717, 1.165) is 0 Å². The molecule has 2 nitrogen and oxygen atoms in total. The Bertz CT molecular complexity index is 696. The molecule has 0 N–H and O–H groups in total. The smallest absolute Gasteiger partial charge is 0.307 e. The van der Waals surface area contributed by atoms with Crippen molar-refractivity contribution >= 4 is 16.7 Å². The summed E-state index contributed by atoms with van der Waals surface area (Å²) in [6.07, 6.45) is 0.552. The van der Waals surface area contributed by atoms with Crippen molar-refractivity contribution in [3.05, 3.63) is 48.0 Å². The normalized spacial score (nSPS) is 31.1. The van der Waals surface area contributed by atoms with Crippen LogP contribution in [0.1, 0.15) is 25.8 Å². The summed E-state index contributed by atoms with van der Waals surface area (Å²) < 4.78 is 5.79. The number of carbonyl (C=O) groups excluding carboxylic acids is 1. The molecule has 19 heavy (non-hydrogen) atoms. The van der Waals surface area contributed by atoms with E-state index >= 15 is 0 Å². The van der Waals surface area contributed by atoms with Crippen LogP contribution < -0.4 is 0 Å². The van der Waals surface area contributed by atoms with Crippen LogP contribution in [0.3, 0.4) is 0 Å². The van der Waals surface area contributed by atoms with Gasteiger partial charge in [-0.25, -0.2) is 0 Å². The Labute approximate surface area is 112 Å². The van der Waals surface area contributed by atoms with Gasteiger partial charge >= 0.3 is 5.97 Å². The molecule has 4 rings (SSSR count). The standard InChI is InChI=1S/C17H16O2/c1-16(2)14-10-15(18)19-17(14,16)13-9-5-7-11-6-3-4-8-12(11)13/h3-9,14H,10H2,1-2H3/t14-,17+/m1/s1. The fourth-order valence-electron chi connectivity index (χ4n) is 3.96. The van der Waals surface area contributed by atoms with E-state index in [2.05, 4.69) is 44.2 Å². The third-order valence-corrected chi connectivity index (χ3v) is 5.07. The Morgan fingerprint density at radius 1 is 1.11 bits per heavy atom. The van der Waals surface area contributed by atoms with Crippen LogP contribution in [0.2, 0.25) is 0 Å². The second-order valence-corrected chi connectivity index (χ2v) is 6.21. The van der Waals surface area contributed by atoms with E-state index in [1.807, 2.05) is 12.1 Å². The number of hydrogen-bond acceptors (Lipinski definition) is 2. The first-order chi connectivity index (χ1) is 9.07. The Balaban J connectivity index is 1.99. The summed E-state index contributed by atoms with van der Waals surface area (Å²) in [5, 5.41) is 2.41. The van der Waals surface area contributed by atoms with Crippen LogP contribution in [0.5, 0.6) is 0 Å². The zero-order valence-corrected chi connectivity index (χ0v) is 11.1. The maximum absolute atomic E-state index is 11.7. The quantitative estimate of drug-likeness (QED) is 0.724. The Hall–Kier alpha value is -1.83. The topological polar surface area (TPSA) is 26.3 Å². The van der Waals surface area contributed by atoms with E-state index < -0.39 is 5.60 Å². The summed E-state index contributed by atoms with van der Waals surface area (Å²) in [7, 11) is 0. The number of benzene rings is 2. The molecule has 2 fully saturated rings. The molecule has 1 saturated carbocycles. The molecule has 0 amide bonds. The molecule has 0 spiro atoms. The highest BCUT2D eigenvalue weighted by Crippen LogP contribution is 2.75. The number of rotatable bonds is 1. The lowest BCUT2D eigenvalue weighted by Gasteiger charge is -2.21. The largest absolute Gasteiger partial charge is 0.453 e. The van der Waals surface area contributed by atoms with Gasteiger partial charge in [-0.1, -0.05) is 56.3 Å². The van der Waals surface area contributed by atoms with E-state index in [-0.39, 0.29) is 11.4 Å². The van der Waals surface area contributed by atoms with E-state index in [9.17, 15) is 4.79 Å². The minimum Gasteiger partial charge on any atom is -0.453 e. The number of esters is 1. The van der Waals surface area contributed by atoms with Gasteiger partial charge < -0.3 is 4.74 Å². The Morgan fingerprint density at radius 2 is 1.84 bits per heavy atom. The van der Waals surface area contributed by atoms with Gasteiger partial charge in [0.25, 0.3) is 0 Å².